The van der Waals surface area contributed by atoms with E-state index in [0.717, 1.165) is 18.4 Å². The Balaban J connectivity index is 1.85. The van der Waals surface area contributed by atoms with Gasteiger partial charge in [0.25, 0.3) is 10.0 Å². The molecular weight excluding hydrogens is 406 g/mol. The lowest BCUT2D eigenvalue weighted by Gasteiger charge is -2.08. The molecule has 2 aromatic carbocycles. The second-order valence-electron chi connectivity index (χ2n) is 7.18. The van der Waals surface area contributed by atoms with E-state index >= 15 is 0 Å². The van der Waals surface area contributed by atoms with Crippen LogP contribution in [-0.2, 0) is 10.0 Å². The van der Waals surface area contributed by atoms with E-state index in [9.17, 15) is 8.42 Å². The minimum atomic E-state index is -3.73. The first-order valence-electron chi connectivity index (χ1n) is 10.2. The lowest BCUT2D eigenvalue weighted by Crippen LogP contribution is -1.99. The van der Waals surface area contributed by atoms with Crippen LogP contribution in [0.1, 0.15) is 63.0 Å². The van der Waals surface area contributed by atoms with Crippen molar-refractivity contribution >= 4 is 27.8 Å². The smallest absolute Gasteiger partial charge is 0.282 e. The van der Waals surface area contributed by atoms with E-state index in [-0.39, 0.29) is 4.90 Å². The van der Waals surface area contributed by atoms with Gasteiger partial charge in [0.15, 0.2) is 0 Å². The summed E-state index contributed by atoms with van der Waals surface area (Å²) >= 11 is 6.27. The molecule has 0 aliphatic carbocycles. The molecule has 0 aliphatic rings. The highest BCUT2D eigenvalue weighted by molar-refractivity contribution is 7.90. The van der Waals surface area contributed by atoms with Crippen molar-refractivity contribution in [2.75, 3.05) is 6.61 Å². The van der Waals surface area contributed by atoms with Crippen LogP contribution in [0.5, 0.6) is 5.75 Å². The Kier molecular flexibility index (Phi) is 9.68. The summed E-state index contributed by atoms with van der Waals surface area (Å²) < 4.78 is 34.1. The zero-order chi connectivity index (χ0) is 21.1. The van der Waals surface area contributed by atoms with Gasteiger partial charge in [0.05, 0.1) is 16.5 Å². The molecule has 0 saturated carbocycles. The summed E-state index contributed by atoms with van der Waals surface area (Å²) in [7, 11) is -3.73. The van der Waals surface area contributed by atoms with Crippen LogP contribution in [0.2, 0.25) is 5.02 Å². The first-order chi connectivity index (χ1) is 13.9. The molecule has 0 aliphatic heterocycles. The van der Waals surface area contributed by atoms with Gasteiger partial charge < -0.3 is 4.74 Å². The first kappa shape index (κ1) is 23.4. The van der Waals surface area contributed by atoms with E-state index in [2.05, 4.69) is 11.3 Å². The number of sulfonamides is 1. The molecule has 2 aromatic rings. The summed E-state index contributed by atoms with van der Waals surface area (Å²) in [5.74, 6) is 0.608. The molecule has 0 N–H and O–H groups in total. The second kappa shape index (κ2) is 12.0. The number of nitrogens with zero attached hydrogens (tertiary/aromatic N) is 1. The molecule has 0 bridgehead atoms. The van der Waals surface area contributed by atoms with Crippen LogP contribution >= 0.6 is 11.6 Å². The highest BCUT2D eigenvalue weighted by Crippen LogP contribution is 2.25. The first-order valence-corrected chi connectivity index (χ1v) is 12.0. The lowest BCUT2D eigenvalue weighted by atomic mass is 10.1. The lowest BCUT2D eigenvalue weighted by molar-refractivity contribution is 0.304. The van der Waals surface area contributed by atoms with Crippen LogP contribution < -0.4 is 4.74 Å². The molecule has 2 rings (SSSR count). The normalized spacial score (nSPS) is 11.8. The van der Waals surface area contributed by atoms with Crippen molar-refractivity contribution in [2.45, 2.75) is 63.7 Å². The summed E-state index contributed by atoms with van der Waals surface area (Å²) in [5.41, 5.74) is 1.60. The molecule has 0 aromatic heterocycles. The number of halogens is 1. The minimum Gasteiger partial charge on any atom is -0.492 e. The monoisotopic (exact) mass is 435 g/mol. The van der Waals surface area contributed by atoms with Gasteiger partial charge in [-0.15, -0.1) is 0 Å². The van der Waals surface area contributed by atoms with Crippen molar-refractivity contribution in [3.63, 3.8) is 0 Å². The van der Waals surface area contributed by atoms with E-state index in [0.29, 0.717) is 22.9 Å². The van der Waals surface area contributed by atoms with Gasteiger partial charge in [-0.3, -0.25) is 0 Å². The number of ether oxygens (including phenoxy) is 1. The summed E-state index contributed by atoms with van der Waals surface area (Å²) in [4.78, 5) is 0.167. The summed E-state index contributed by atoms with van der Waals surface area (Å²) in [6.45, 7) is 4.75. The van der Waals surface area contributed by atoms with E-state index in [1.807, 2.05) is 6.92 Å². The minimum absolute atomic E-state index is 0.167. The Morgan fingerprint density at radius 1 is 0.966 bits per heavy atom. The van der Waals surface area contributed by atoms with Gasteiger partial charge in [-0.25, -0.2) is 0 Å². The molecular formula is C23H30ClNO3S. The molecule has 6 heteroatoms. The molecule has 0 heterocycles. The van der Waals surface area contributed by atoms with Crippen molar-refractivity contribution in [2.24, 2.45) is 4.40 Å². The van der Waals surface area contributed by atoms with Crippen molar-refractivity contribution in [3.8, 4) is 5.75 Å². The molecule has 0 saturated heterocycles. The molecule has 4 nitrogen and oxygen atoms in total. The van der Waals surface area contributed by atoms with Crippen LogP contribution in [0.25, 0.3) is 0 Å². The SMILES string of the molecule is CCCCCCCCCOc1ccc(/C=N\S(=O)(=O)c2ccc(C)cc2)cc1Cl. The van der Waals surface area contributed by atoms with Crippen LogP contribution in [0.3, 0.4) is 0 Å². The fourth-order valence-corrected chi connectivity index (χ4v) is 3.96. The Labute approximate surface area is 180 Å². The van der Waals surface area contributed by atoms with E-state index in [4.69, 9.17) is 16.3 Å². The summed E-state index contributed by atoms with van der Waals surface area (Å²) in [6, 6.07) is 11.8. The number of aryl methyl sites for hydroxylation is 1. The molecule has 0 radical (unpaired) electrons. The standard InChI is InChI=1S/C23H30ClNO3S/c1-3-4-5-6-7-8-9-16-28-23-15-12-20(17-22(23)24)18-25-29(26,27)21-13-10-19(2)11-14-21/h10-15,17-18H,3-9,16H2,1-2H3/b25-18-. The maximum atomic E-state index is 12.3. The average Bonchev–Trinajstić information content (AvgIpc) is 2.70. The predicted octanol–water partition coefficient (Wildman–Crippen LogP) is 6.59. The van der Waals surface area contributed by atoms with Crippen LogP contribution in [-0.4, -0.2) is 21.2 Å². The summed E-state index contributed by atoms with van der Waals surface area (Å²) in [5, 5.41) is 0.449. The van der Waals surface area contributed by atoms with Gasteiger partial charge in [0.1, 0.15) is 5.75 Å². The maximum Gasteiger partial charge on any atom is 0.282 e. The maximum absolute atomic E-state index is 12.3. The predicted molar refractivity (Wildman–Crippen MR) is 121 cm³/mol. The molecule has 0 atom stereocenters. The van der Waals surface area contributed by atoms with Crippen LogP contribution in [0.4, 0.5) is 0 Å². The van der Waals surface area contributed by atoms with Crippen LogP contribution in [0, 0.1) is 6.92 Å². The van der Waals surface area contributed by atoms with Crippen LogP contribution in [0.15, 0.2) is 51.8 Å². The molecule has 0 unspecified atom stereocenters. The molecule has 29 heavy (non-hydrogen) atoms. The van der Waals surface area contributed by atoms with E-state index in [1.165, 1.54) is 38.3 Å². The van der Waals surface area contributed by atoms with E-state index < -0.39 is 10.0 Å². The largest absolute Gasteiger partial charge is 0.492 e. The van der Waals surface area contributed by atoms with Crippen molar-refractivity contribution in [1.29, 1.82) is 0 Å². The van der Waals surface area contributed by atoms with Gasteiger partial charge in [-0.05, 0) is 49.2 Å². The van der Waals surface area contributed by atoms with Gasteiger partial charge in [-0.1, -0.05) is 74.7 Å². The third-order valence-corrected chi connectivity index (χ3v) is 6.17. The Hall–Kier alpha value is -1.85. The number of rotatable bonds is 12. The quantitative estimate of drug-likeness (QED) is 0.279. The van der Waals surface area contributed by atoms with Gasteiger partial charge >= 0.3 is 0 Å². The number of unbranched alkanes of at least 4 members (excludes halogenated alkanes) is 6. The van der Waals surface area contributed by atoms with Crippen molar-refractivity contribution < 1.29 is 13.2 Å². The molecule has 158 valence electrons. The van der Waals surface area contributed by atoms with E-state index in [1.54, 1.807) is 42.5 Å². The van der Waals surface area contributed by atoms with Gasteiger partial charge in [0.2, 0.25) is 0 Å². The molecule has 0 spiro atoms. The fourth-order valence-electron chi connectivity index (χ4n) is 2.86. The highest BCUT2D eigenvalue weighted by Gasteiger charge is 2.11. The number of benzene rings is 2. The molecule has 0 fully saturated rings. The topological polar surface area (TPSA) is 55.7 Å². The third kappa shape index (κ3) is 8.19. The Morgan fingerprint density at radius 2 is 1.62 bits per heavy atom. The third-order valence-electron chi connectivity index (χ3n) is 4.62. The Bertz CT molecular complexity index is 893. The summed E-state index contributed by atoms with van der Waals surface area (Å²) in [6.07, 6.45) is 9.88. The zero-order valence-electron chi connectivity index (χ0n) is 17.2. The van der Waals surface area contributed by atoms with Crippen molar-refractivity contribution in [3.05, 3.63) is 58.6 Å². The second-order valence-corrected chi connectivity index (χ2v) is 9.22. The van der Waals surface area contributed by atoms with Gasteiger partial charge in [-0.2, -0.15) is 12.8 Å². The number of hydrogen-bond donors (Lipinski definition) is 0. The fraction of sp³-hybridized carbons (Fsp3) is 0.435. The zero-order valence-corrected chi connectivity index (χ0v) is 18.8. The highest BCUT2D eigenvalue weighted by atomic mass is 35.5. The Morgan fingerprint density at radius 3 is 2.28 bits per heavy atom. The van der Waals surface area contributed by atoms with Crippen molar-refractivity contribution in [1.82, 2.24) is 0 Å². The number of hydrogen-bond acceptors (Lipinski definition) is 3. The van der Waals surface area contributed by atoms with Gasteiger partial charge in [0, 0.05) is 6.21 Å². The average molecular weight is 436 g/mol. The molecule has 0 amide bonds.